The largest absolute Gasteiger partial charge is 0.481 e. The number of hydrogen-bond acceptors (Lipinski definition) is 14. The Morgan fingerprint density at radius 3 is 1.15 bits per heavy atom. The van der Waals surface area contributed by atoms with Crippen LogP contribution in [0.4, 0.5) is 0 Å². The van der Waals surface area contributed by atoms with E-state index in [9.17, 15) is 63.3 Å². The Balaban J connectivity index is 3.87. The van der Waals surface area contributed by atoms with Gasteiger partial charge in [0.1, 0.15) is 37.1 Å². The standard InChI is InChI=1S/C44H75N5O18/c1-32(50)16-17-33(42(58)59)48-38(53)21-19-35(44(62)63)49-40(55)31-67-29-27-65-25-23-46-39(54)30-66-28-26-64-24-22-45-36(51)20-18-34(43(60)61)47-37(52)14-12-10-8-6-4-2-3-5-7-9-11-13-15-41(56)57/h33-35H,2-31H2,1H3,(H,45,51)(H,46,54)(H,47,52)(H,48,53)(H,49,55)(H,56,57)(H,58,59)(H,60,61)(H,62,63)/t33-,34-,35-/m0/s1. The number of hydrogen-bond donors (Lipinski definition) is 9. The number of amides is 5. The van der Waals surface area contributed by atoms with Crippen molar-refractivity contribution >= 4 is 59.2 Å². The Bertz CT molecular complexity index is 1500. The van der Waals surface area contributed by atoms with E-state index >= 15 is 0 Å². The second-order valence-electron chi connectivity index (χ2n) is 15.9. The highest BCUT2D eigenvalue weighted by Crippen LogP contribution is 2.13. The second-order valence-corrected chi connectivity index (χ2v) is 15.9. The minimum atomic E-state index is -1.44. The number of aliphatic carboxylic acids is 4. The number of carboxylic acid groups (broad SMARTS) is 4. The average molecular weight is 962 g/mol. The van der Waals surface area contributed by atoms with Crippen LogP contribution in [0.3, 0.4) is 0 Å². The molecule has 0 fully saturated rings. The number of ketones is 1. The Morgan fingerprint density at radius 2 is 0.716 bits per heavy atom. The Labute approximate surface area is 391 Å². The number of nitrogens with one attached hydrogen (secondary N) is 5. The molecule has 23 nitrogen and oxygen atoms in total. The highest BCUT2D eigenvalue weighted by molar-refractivity contribution is 5.87. The van der Waals surface area contributed by atoms with Gasteiger partial charge in [0.05, 0.1) is 39.6 Å². The number of ether oxygens (including phenoxy) is 4. The lowest BCUT2D eigenvalue weighted by Gasteiger charge is -2.16. The summed E-state index contributed by atoms with van der Waals surface area (Å²) in [6.07, 6.45) is 11.5. The summed E-state index contributed by atoms with van der Waals surface area (Å²) in [5.74, 6) is -7.63. The molecule has 0 spiro atoms. The Kier molecular flexibility index (Phi) is 37.8. The van der Waals surface area contributed by atoms with Gasteiger partial charge in [0, 0.05) is 45.2 Å². The van der Waals surface area contributed by atoms with Crippen molar-refractivity contribution in [3.05, 3.63) is 0 Å². The smallest absolute Gasteiger partial charge is 0.326 e. The molecule has 9 N–H and O–H groups in total. The van der Waals surface area contributed by atoms with Crippen LogP contribution in [0, 0.1) is 0 Å². The van der Waals surface area contributed by atoms with Gasteiger partial charge in [0.25, 0.3) is 0 Å². The summed E-state index contributed by atoms with van der Waals surface area (Å²) in [7, 11) is 0. The molecular weight excluding hydrogens is 887 g/mol. The van der Waals surface area contributed by atoms with Gasteiger partial charge < -0.3 is 70.8 Å². The molecule has 0 saturated heterocycles. The first-order valence-electron chi connectivity index (χ1n) is 23.1. The third-order valence-electron chi connectivity index (χ3n) is 9.90. The summed E-state index contributed by atoms with van der Waals surface area (Å²) >= 11 is 0. The summed E-state index contributed by atoms with van der Waals surface area (Å²) in [6.45, 7) is 1.40. The number of carboxylic acids is 4. The van der Waals surface area contributed by atoms with Gasteiger partial charge in [0.2, 0.25) is 29.5 Å². The summed E-state index contributed by atoms with van der Waals surface area (Å²) in [5, 5.41) is 48.9. The molecule has 0 bridgehead atoms. The lowest BCUT2D eigenvalue weighted by atomic mass is 10.0. The lowest BCUT2D eigenvalue weighted by Crippen LogP contribution is -2.45. The van der Waals surface area contributed by atoms with Gasteiger partial charge in [-0.2, -0.15) is 0 Å². The molecular formula is C44H75N5O18. The van der Waals surface area contributed by atoms with Crippen LogP contribution in [0.1, 0.15) is 135 Å². The molecule has 5 amide bonds. The first-order chi connectivity index (χ1) is 32.0. The van der Waals surface area contributed by atoms with Crippen LogP contribution in [0.25, 0.3) is 0 Å². The molecule has 23 heteroatoms. The van der Waals surface area contributed by atoms with E-state index in [1.165, 1.54) is 6.92 Å². The number of carbonyl (C=O) groups excluding carboxylic acids is 6. The van der Waals surface area contributed by atoms with E-state index in [4.69, 9.17) is 24.1 Å². The van der Waals surface area contributed by atoms with Crippen molar-refractivity contribution in [1.82, 2.24) is 26.6 Å². The Hall–Kier alpha value is -5.26. The quantitative estimate of drug-likeness (QED) is 0.0390. The first kappa shape index (κ1) is 61.7. The molecule has 0 heterocycles. The number of rotatable bonds is 46. The highest BCUT2D eigenvalue weighted by atomic mass is 16.5. The molecule has 0 aliphatic carbocycles. The molecule has 0 saturated carbocycles. The van der Waals surface area contributed by atoms with Crippen molar-refractivity contribution < 1.29 is 87.3 Å². The van der Waals surface area contributed by atoms with E-state index in [-0.39, 0.29) is 116 Å². The van der Waals surface area contributed by atoms with Crippen LogP contribution < -0.4 is 26.6 Å². The fourth-order valence-electron chi connectivity index (χ4n) is 6.20. The van der Waals surface area contributed by atoms with Gasteiger partial charge in [-0.1, -0.05) is 64.2 Å². The van der Waals surface area contributed by atoms with E-state index in [1.807, 2.05) is 0 Å². The third-order valence-corrected chi connectivity index (χ3v) is 9.90. The van der Waals surface area contributed by atoms with Gasteiger partial charge in [0.15, 0.2) is 0 Å². The normalized spacial score (nSPS) is 12.3. The highest BCUT2D eigenvalue weighted by Gasteiger charge is 2.25. The molecule has 0 aromatic heterocycles. The molecule has 0 unspecified atom stereocenters. The van der Waals surface area contributed by atoms with Crippen LogP contribution >= 0.6 is 0 Å². The second kappa shape index (κ2) is 41.0. The number of unbranched alkanes of at least 4 members (excludes halogenated alkanes) is 11. The van der Waals surface area contributed by atoms with E-state index in [0.717, 1.165) is 70.6 Å². The van der Waals surface area contributed by atoms with Crippen molar-refractivity contribution in [3.63, 3.8) is 0 Å². The van der Waals surface area contributed by atoms with E-state index < -0.39 is 78.7 Å². The van der Waals surface area contributed by atoms with Gasteiger partial charge in [-0.25, -0.2) is 14.4 Å². The number of Topliss-reactive ketones (excluding diaryl/α,β-unsaturated/α-hetero) is 1. The molecule has 0 radical (unpaired) electrons. The predicted octanol–water partition coefficient (Wildman–Crippen LogP) is 1.47. The molecule has 0 aromatic rings. The van der Waals surface area contributed by atoms with Gasteiger partial charge in [-0.3, -0.25) is 28.8 Å². The zero-order chi connectivity index (χ0) is 50.1. The summed E-state index contributed by atoms with van der Waals surface area (Å²) < 4.78 is 21.1. The molecule has 0 aromatic carbocycles. The van der Waals surface area contributed by atoms with Crippen molar-refractivity contribution in [2.75, 3.05) is 65.9 Å². The Morgan fingerprint density at radius 1 is 0.373 bits per heavy atom. The molecule has 384 valence electrons. The fraction of sp³-hybridized carbons (Fsp3) is 0.773. The maximum Gasteiger partial charge on any atom is 0.326 e. The monoisotopic (exact) mass is 962 g/mol. The molecule has 67 heavy (non-hydrogen) atoms. The summed E-state index contributed by atoms with van der Waals surface area (Å²) in [5.41, 5.74) is 0. The minimum absolute atomic E-state index is 0.0253. The predicted molar refractivity (Wildman–Crippen MR) is 239 cm³/mol. The van der Waals surface area contributed by atoms with Crippen LogP contribution in [-0.4, -0.2) is 164 Å². The third kappa shape index (κ3) is 39.6. The molecule has 0 aliphatic heterocycles. The van der Waals surface area contributed by atoms with Crippen molar-refractivity contribution in [2.24, 2.45) is 0 Å². The zero-order valence-corrected chi connectivity index (χ0v) is 38.9. The van der Waals surface area contributed by atoms with Gasteiger partial charge >= 0.3 is 23.9 Å². The molecule has 0 rings (SSSR count). The summed E-state index contributed by atoms with van der Waals surface area (Å²) in [4.78, 5) is 117. The fourth-order valence-corrected chi connectivity index (χ4v) is 6.20. The lowest BCUT2D eigenvalue weighted by molar-refractivity contribution is -0.144. The maximum atomic E-state index is 12.3. The van der Waals surface area contributed by atoms with Crippen molar-refractivity contribution in [3.8, 4) is 0 Å². The van der Waals surface area contributed by atoms with Crippen LogP contribution in [0.5, 0.6) is 0 Å². The summed E-state index contributed by atoms with van der Waals surface area (Å²) in [6, 6.07) is -3.93. The van der Waals surface area contributed by atoms with Gasteiger partial charge in [-0.15, -0.1) is 0 Å². The van der Waals surface area contributed by atoms with Crippen LogP contribution in [-0.2, 0) is 66.9 Å². The maximum absolute atomic E-state index is 12.3. The van der Waals surface area contributed by atoms with E-state index in [2.05, 4.69) is 26.6 Å². The minimum Gasteiger partial charge on any atom is -0.481 e. The zero-order valence-electron chi connectivity index (χ0n) is 38.9. The van der Waals surface area contributed by atoms with E-state index in [0.29, 0.717) is 6.42 Å². The van der Waals surface area contributed by atoms with Crippen LogP contribution in [0.2, 0.25) is 0 Å². The topological polar surface area (TPSA) is 349 Å². The SMILES string of the molecule is CC(=O)CC[C@H](NC(=O)CC[C@H](NC(=O)COCCOCCNC(=O)COCCOCCNC(=O)CC[C@H](NC(=O)CCCCCCCCCCCCCCC(=O)O)C(=O)O)C(=O)O)C(=O)O. The molecule has 0 aliphatic rings. The van der Waals surface area contributed by atoms with Crippen molar-refractivity contribution in [2.45, 2.75) is 153 Å². The van der Waals surface area contributed by atoms with E-state index in [1.54, 1.807) is 0 Å². The average Bonchev–Trinajstić information content (AvgIpc) is 3.26. The van der Waals surface area contributed by atoms with Gasteiger partial charge in [-0.05, 0) is 39.0 Å². The first-order valence-corrected chi connectivity index (χ1v) is 23.1. The van der Waals surface area contributed by atoms with Crippen LogP contribution in [0.15, 0.2) is 0 Å². The number of carbonyl (C=O) groups is 10. The van der Waals surface area contributed by atoms with Crippen molar-refractivity contribution in [1.29, 1.82) is 0 Å². The molecule has 3 atom stereocenters.